The SMILES string of the molecule is CCO[C@H](C)C(=O)N1CCC(CCN2C[C@H](C)O[C@@H](C)C2)CC1. The summed E-state index contributed by atoms with van der Waals surface area (Å²) in [6.07, 6.45) is 3.88. The third-order valence-corrected chi connectivity index (χ3v) is 5.04. The maximum atomic E-state index is 12.3. The Morgan fingerprint density at radius 2 is 1.83 bits per heavy atom. The van der Waals surface area contributed by atoms with Crippen molar-refractivity contribution in [3.63, 3.8) is 0 Å². The zero-order valence-corrected chi connectivity index (χ0v) is 15.3. The Bertz CT molecular complexity index is 359. The molecule has 2 saturated heterocycles. The monoisotopic (exact) mass is 326 g/mol. The second-order valence-electron chi connectivity index (χ2n) is 7.17. The molecule has 0 bridgehead atoms. The minimum atomic E-state index is -0.298. The number of hydrogen-bond acceptors (Lipinski definition) is 4. The van der Waals surface area contributed by atoms with Crippen molar-refractivity contribution in [1.82, 2.24) is 9.80 Å². The van der Waals surface area contributed by atoms with E-state index in [1.165, 1.54) is 6.42 Å². The molecule has 2 aliphatic heterocycles. The lowest BCUT2D eigenvalue weighted by Crippen LogP contribution is -2.47. The van der Waals surface area contributed by atoms with Gasteiger partial charge < -0.3 is 14.4 Å². The summed E-state index contributed by atoms with van der Waals surface area (Å²) in [5, 5.41) is 0. The van der Waals surface area contributed by atoms with Gasteiger partial charge in [0.1, 0.15) is 6.10 Å². The third-order valence-electron chi connectivity index (χ3n) is 5.04. The highest BCUT2D eigenvalue weighted by Gasteiger charge is 2.27. The second-order valence-corrected chi connectivity index (χ2v) is 7.17. The van der Waals surface area contributed by atoms with Gasteiger partial charge in [-0.2, -0.15) is 0 Å². The van der Waals surface area contributed by atoms with Gasteiger partial charge in [0.2, 0.25) is 0 Å². The van der Waals surface area contributed by atoms with Gasteiger partial charge in [0.25, 0.3) is 5.91 Å². The van der Waals surface area contributed by atoms with E-state index in [-0.39, 0.29) is 12.0 Å². The Hall–Kier alpha value is -0.650. The predicted octanol–water partition coefficient (Wildman–Crippen LogP) is 2.15. The number of rotatable bonds is 6. The van der Waals surface area contributed by atoms with Crippen molar-refractivity contribution in [3.8, 4) is 0 Å². The van der Waals surface area contributed by atoms with E-state index in [1.807, 2.05) is 18.7 Å². The van der Waals surface area contributed by atoms with Crippen molar-refractivity contribution >= 4 is 5.91 Å². The van der Waals surface area contributed by atoms with Crippen LogP contribution in [0.4, 0.5) is 0 Å². The molecule has 0 aromatic heterocycles. The molecule has 0 unspecified atom stereocenters. The van der Waals surface area contributed by atoms with Crippen LogP contribution in [-0.4, -0.2) is 73.3 Å². The fraction of sp³-hybridized carbons (Fsp3) is 0.944. The molecule has 2 heterocycles. The maximum Gasteiger partial charge on any atom is 0.251 e. The summed E-state index contributed by atoms with van der Waals surface area (Å²) in [7, 11) is 0. The van der Waals surface area contributed by atoms with Crippen LogP contribution in [0.15, 0.2) is 0 Å². The molecule has 0 aromatic carbocycles. The van der Waals surface area contributed by atoms with Crippen LogP contribution >= 0.6 is 0 Å². The molecule has 23 heavy (non-hydrogen) atoms. The largest absolute Gasteiger partial charge is 0.373 e. The van der Waals surface area contributed by atoms with Gasteiger partial charge in [0.15, 0.2) is 0 Å². The van der Waals surface area contributed by atoms with Crippen LogP contribution in [-0.2, 0) is 14.3 Å². The van der Waals surface area contributed by atoms with Crippen LogP contribution in [0.1, 0.15) is 47.0 Å². The summed E-state index contributed by atoms with van der Waals surface area (Å²) in [6, 6.07) is 0. The van der Waals surface area contributed by atoms with E-state index in [0.717, 1.165) is 51.5 Å². The van der Waals surface area contributed by atoms with Gasteiger partial charge in [-0.3, -0.25) is 9.69 Å². The molecule has 0 N–H and O–H groups in total. The fourth-order valence-electron chi connectivity index (χ4n) is 3.85. The molecule has 3 atom stereocenters. The summed E-state index contributed by atoms with van der Waals surface area (Å²) in [5.41, 5.74) is 0. The van der Waals surface area contributed by atoms with E-state index in [2.05, 4.69) is 18.7 Å². The van der Waals surface area contributed by atoms with Gasteiger partial charge >= 0.3 is 0 Å². The average molecular weight is 326 g/mol. The molecule has 0 saturated carbocycles. The Morgan fingerprint density at radius 1 is 1.22 bits per heavy atom. The molecular weight excluding hydrogens is 292 g/mol. The Labute approximate surface area is 141 Å². The first-order valence-corrected chi connectivity index (χ1v) is 9.27. The maximum absolute atomic E-state index is 12.3. The van der Waals surface area contributed by atoms with Crippen molar-refractivity contribution in [2.75, 3.05) is 39.3 Å². The number of morpholine rings is 1. The molecule has 0 radical (unpaired) electrons. The summed E-state index contributed by atoms with van der Waals surface area (Å²) in [5.74, 6) is 0.899. The van der Waals surface area contributed by atoms with E-state index >= 15 is 0 Å². The highest BCUT2D eigenvalue weighted by molar-refractivity contribution is 5.80. The summed E-state index contributed by atoms with van der Waals surface area (Å²) < 4.78 is 11.2. The molecule has 134 valence electrons. The summed E-state index contributed by atoms with van der Waals surface area (Å²) in [6.45, 7) is 13.7. The van der Waals surface area contributed by atoms with Crippen LogP contribution in [0.25, 0.3) is 0 Å². The average Bonchev–Trinajstić information content (AvgIpc) is 2.52. The van der Waals surface area contributed by atoms with Gasteiger partial charge in [-0.05, 0) is 59.4 Å². The number of carbonyl (C=O) groups excluding carboxylic acids is 1. The first kappa shape index (κ1) is 18.7. The van der Waals surface area contributed by atoms with Crippen LogP contribution < -0.4 is 0 Å². The molecule has 0 spiro atoms. The van der Waals surface area contributed by atoms with E-state index < -0.39 is 0 Å². The van der Waals surface area contributed by atoms with Gasteiger partial charge in [-0.25, -0.2) is 0 Å². The number of ether oxygens (including phenoxy) is 2. The van der Waals surface area contributed by atoms with E-state index in [4.69, 9.17) is 9.47 Å². The molecule has 2 aliphatic rings. The number of amides is 1. The number of nitrogens with zero attached hydrogens (tertiary/aromatic N) is 2. The molecule has 5 nitrogen and oxygen atoms in total. The van der Waals surface area contributed by atoms with Gasteiger partial charge in [0, 0.05) is 32.8 Å². The number of likely N-dealkylation sites (tertiary alicyclic amines) is 1. The molecule has 1 amide bonds. The van der Waals surface area contributed by atoms with Gasteiger partial charge in [0.05, 0.1) is 12.2 Å². The quantitative estimate of drug-likeness (QED) is 0.750. The van der Waals surface area contributed by atoms with Crippen molar-refractivity contribution < 1.29 is 14.3 Å². The number of carbonyl (C=O) groups is 1. The molecule has 0 aromatic rings. The fourth-order valence-corrected chi connectivity index (χ4v) is 3.85. The Balaban J connectivity index is 1.67. The summed E-state index contributed by atoms with van der Waals surface area (Å²) >= 11 is 0. The first-order chi connectivity index (χ1) is 11.0. The zero-order chi connectivity index (χ0) is 16.8. The van der Waals surface area contributed by atoms with Gasteiger partial charge in [-0.1, -0.05) is 0 Å². The topological polar surface area (TPSA) is 42.0 Å². The highest BCUT2D eigenvalue weighted by Crippen LogP contribution is 2.22. The molecule has 2 rings (SSSR count). The van der Waals surface area contributed by atoms with E-state index in [0.29, 0.717) is 18.8 Å². The highest BCUT2D eigenvalue weighted by atomic mass is 16.5. The van der Waals surface area contributed by atoms with Crippen molar-refractivity contribution in [2.45, 2.75) is 65.3 Å². The predicted molar refractivity (Wildman–Crippen MR) is 91.5 cm³/mol. The zero-order valence-electron chi connectivity index (χ0n) is 15.3. The minimum Gasteiger partial charge on any atom is -0.373 e. The lowest BCUT2D eigenvalue weighted by atomic mass is 9.93. The minimum absolute atomic E-state index is 0.154. The smallest absolute Gasteiger partial charge is 0.251 e. The van der Waals surface area contributed by atoms with Crippen molar-refractivity contribution in [1.29, 1.82) is 0 Å². The molecule has 2 fully saturated rings. The van der Waals surface area contributed by atoms with Crippen LogP contribution in [0.2, 0.25) is 0 Å². The van der Waals surface area contributed by atoms with Crippen LogP contribution in [0.5, 0.6) is 0 Å². The molecular formula is C18H34N2O3. The van der Waals surface area contributed by atoms with E-state index in [1.54, 1.807) is 0 Å². The number of hydrogen-bond donors (Lipinski definition) is 0. The van der Waals surface area contributed by atoms with Crippen LogP contribution in [0, 0.1) is 5.92 Å². The van der Waals surface area contributed by atoms with Gasteiger partial charge in [-0.15, -0.1) is 0 Å². The third kappa shape index (κ3) is 5.73. The Kier molecular flexibility index (Phi) is 7.31. The molecule has 0 aliphatic carbocycles. The lowest BCUT2D eigenvalue weighted by molar-refractivity contribution is -0.143. The molecule has 5 heteroatoms. The van der Waals surface area contributed by atoms with Crippen molar-refractivity contribution in [2.24, 2.45) is 5.92 Å². The first-order valence-electron chi connectivity index (χ1n) is 9.27. The summed E-state index contributed by atoms with van der Waals surface area (Å²) in [4.78, 5) is 16.8. The second kappa shape index (κ2) is 9.00. The number of piperidine rings is 1. The van der Waals surface area contributed by atoms with Crippen LogP contribution in [0.3, 0.4) is 0 Å². The van der Waals surface area contributed by atoms with E-state index in [9.17, 15) is 4.79 Å². The Morgan fingerprint density at radius 3 is 2.39 bits per heavy atom. The van der Waals surface area contributed by atoms with Crippen molar-refractivity contribution in [3.05, 3.63) is 0 Å². The standard InChI is InChI=1S/C18H34N2O3/c1-5-22-16(4)18(21)20-10-7-17(8-11-20)6-9-19-12-14(2)23-15(3)13-19/h14-17H,5-13H2,1-4H3/t14-,15-,16+/m0/s1. The normalized spacial score (nSPS) is 28.8. The lowest BCUT2D eigenvalue weighted by Gasteiger charge is -2.37.